The van der Waals surface area contributed by atoms with Crippen LogP contribution in [0.5, 0.6) is 11.6 Å². The molecule has 0 atom stereocenters. The third kappa shape index (κ3) is 5.16. The lowest BCUT2D eigenvalue weighted by Gasteiger charge is -2.25. The molecule has 0 aliphatic heterocycles. The van der Waals surface area contributed by atoms with Crippen LogP contribution >= 0.6 is 0 Å². The standard InChI is InChI=1S/C22H27N3O5S/c1-15(2)13-25(21-7-6-8-22(23-21)28-5)31(26,27)19-11-9-18(10-12-19)29-14-20-16(3)24-30-17(20)4/h6-12,15H,13-14H2,1-5H3. The van der Waals surface area contributed by atoms with Crippen molar-refractivity contribution < 1.29 is 22.4 Å². The average Bonchev–Trinajstić information content (AvgIpc) is 3.08. The van der Waals surface area contributed by atoms with E-state index in [4.69, 9.17) is 14.0 Å². The zero-order chi connectivity index (χ0) is 22.6. The molecule has 3 rings (SSSR count). The number of benzene rings is 1. The number of sulfonamides is 1. The second-order valence-electron chi connectivity index (χ2n) is 7.53. The van der Waals surface area contributed by atoms with Crippen LogP contribution in [0, 0.1) is 19.8 Å². The first-order valence-electron chi connectivity index (χ1n) is 9.90. The predicted octanol–water partition coefficient (Wildman–Crippen LogP) is 4.13. The van der Waals surface area contributed by atoms with Gasteiger partial charge < -0.3 is 14.0 Å². The first kappa shape index (κ1) is 22.6. The lowest BCUT2D eigenvalue weighted by Crippen LogP contribution is -2.35. The Labute approximate surface area is 182 Å². The van der Waals surface area contributed by atoms with E-state index in [1.807, 2.05) is 27.7 Å². The van der Waals surface area contributed by atoms with Crippen LogP contribution in [0.3, 0.4) is 0 Å². The van der Waals surface area contributed by atoms with Gasteiger partial charge in [-0.2, -0.15) is 4.98 Å². The zero-order valence-electron chi connectivity index (χ0n) is 18.3. The van der Waals surface area contributed by atoms with Gasteiger partial charge in [-0.1, -0.05) is 25.1 Å². The molecule has 0 bridgehead atoms. The van der Waals surface area contributed by atoms with Crippen LogP contribution < -0.4 is 13.8 Å². The van der Waals surface area contributed by atoms with E-state index in [0.29, 0.717) is 29.8 Å². The smallest absolute Gasteiger partial charge is 0.265 e. The first-order chi connectivity index (χ1) is 14.7. The van der Waals surface area contributed by atoms with Gasteiger partial charge in [0.2, 0.25) is 5.88 Å². The zero-order valence-corrected chi connectivity index (χ0v) is 19.1. The first-order valence-corrected chi connectivity index (χ1v) is 11.3. The molecule has 2 heterocycles. The van der Waals surface area contributed by atoms with Crippen LogP contribution in [0.25, 0.3) is 0 Å². The minimum atomic E-state index is -3.83. The Hall–Kier alpha value is -3.07. The number of rotatable bonds is 9. The Bertz CT molecular complexity index is 1100. The minimum Gasteiger partial charge on any atom is -0.489 e. The molecule has 2 aromatic heterocycles. The van der Waals surface area contributed by atoms with Crippen LogP contribution in [0.4, 0.5) is 5.82 Å². The molecule has 0 radical (unpaired) electrons. The van der Waals surface area contributed by atoms with E-state index in [1.54, 1.807) is 30.3 Å². The second-order valence-corrected chi connectivity index (χ2v) is 9.39. The average molecular weight is 446 g/mol. The van der Waals surface area contributed by atoms with Gasteiger partial charge in [0.1, 0.15) is 23.9 Å². The van der Waals surface area contributed by atoms with E-state index in [0.717, 1.165) is 11.3 Å². The Morgan fingerprint density at radius 1 is 1.10 bits per heavy atom. The molecule has 0 amide bonds. The maximum absolute atomic E-state index is 13.4. The van der Waals surface area contributed by atoms with E-state index in [1.165, 1.54) is 23.5 Å². The normalized spacial score (nSPS) is 11.5. The Morgan fingerprint density at radius 2 is 1.81 bits per heavy atom. The molecule has 0 saturated heterocycles. The lowest BCUT2D eigenvalue weighted by atomic mass is 10.2. The van der Waals surface area contributed by atoms with Gasteiger partial charge in [0.05, 0.1) is 23.3 Å². The Morgan fingerprint density at radius 3 is 2.39 bits per heavy atom. The van der Waals surface area contributed by atoms with Gasteiger partial charge in [-0.15, -0.1) is 0 Å². The lowest BCUT2D eigenvalue weighted by molar-refractivity contribution is 0.301. The minimum absolute atomic E-state index is 0.0976. The summed E-state index contributed by atoms with van der Waals surface area (Å²) in [6.45, 7) is 8.15. The van der Waals surface area contributed by atoms with Crippen molar-refractivity contribution in [2.24, 2.45) is 5.92 Å². The Kier molecular flexibility index (Phi) is 6.84. The summed E-state index contributed by atoms with van der Waals surface area (Å²) >= 11 is 0. The molecule has 0 fully saturated rings. The van der Waals surface area contributed by atoms with Gasteiger partial charge in [-0.05, 0) is 50.1 Å². The summed E-state index contributed by atoms with van der Waals surface area (Å²) in [6.07, 6.45) is 0. The van der Waals surface area contributed by atoms with E-state index < -0.39 is 10.0 Å². The van der Waals surface area contributed by atoms with Gasteiger partial charge in [0, 0.05) is 12.6 Å². The van der Waals surface area contributed by atoms with Crippen LogP contribution in [0.15, 0.2) is 51.9 Å². The number of anilines is 1. The number of hydrogen-bond acceptors (Lipinski definition) is 7. The number of hydrogen-bond donors (Lipinski definition) is 0. The highest BCUT2D eigenvalue weighted by molar-refractivity contribution is 7.92. The third-order valence-electron chi connectivity index (χ3n) is 4.68. The molecule has 0 saturated carbocycles. The van der Waals surface area contributed by atoms with Gasteiger partial charge in [-0.25, -0.2) is 12.7 Å². The summed E-state index contributed by atoms with van der Waals surface area (Å²) in [6, 6.07) is 11.4. The van der Waals surface area contributed by atoms with Gasteiger partial charge >= 0.3 is 0 Å². The van der Waals surface area contributed by atoms with Crippen molar-refractivity contribution in [1.29, 1.82) is 0 Å². The maximum atomic E-state index is 13.4. The number of pyridine rings is 1. The molecule has 0 N–H and O–H groups in total. The monoisotopic (exact) mass is 445 g/mol. The number of nitrogens with zero attached hydrogens (tertiary/aromatic N) is 3. The van der Waals surface area contributed by atoms with Crippen LogP contribution in [-0.2, 0) is 16.6 Å². The molecule has 166 valence electrons. The van der Waals surface area contributed by atoms with Crippen molar-refractivity contribution in [3.63, 3.8) is 0 Å². The number of aromatic nitrogens is 2. The van der Waals surface area contributed by atoms with E-state index in [2.05, 4.69) is 10.1 Å². The summed E-state index contributed by atoms with van der Waals surface area (Å²) in [5.74, 6) is 2.01. The maximum Gasteiger partial charge on any atom is 0.265 e. The molecule has 31 heavy (non-hydrogen) atoms. The van der Waals surface area contributed by atoms with Crippen molar-refractivity contribution in [1.82, 2.24) is 10.1 Å². The highest BCUT2D eigenvalue weighted by Crippen LogP contribution is 2.27. The summed E-state index contributed by atoms with van der Waals surface area (Å²) in [5.41, 5.74) is 1.65. The van der Waals surface area contributed by atoms with Crippen molar-refractivity contribution in [3.8, 4) is 11.6 Å². The van der Waals surface area contributed by atoms with Crippen LogP contribution in [0.2, 0.25) is 0 Å². The van der Waals surface area contributed by atoms with Crippen LogP contribution in [-0.4, -0.2) is 32.2 Å². The molecular weight excluding hydrogens is 418 g/mol. The van der Waals surface area contributed by atoms with E-state index in [-0.39, 0.29) is 17.4 Å². The van der Waals surface area contributed by atoms with Gasteiger partial charge in [0.25, 0.3) is 10.0 Å². The van der Waals surface area contributed by atoms with Crippen LogP contribution in [0.1, 0.15) is 30.9 Å². The molecule has 0 unspecified atom stereocenters. The second kappa shape index (κ2) is 9.38. The summed E-state index contributed by atoms with van der Waals surface area (Å²) in [7, 11) is -2.33. The van der Waals surface area contributed by atoms with Crippen molar-refractivity contribution >= 4 is 15.8 Å². The fourth-order valence-electron chi connectivity index (χ4n) is 3.00. The van der Waals surface area contributed by atoms with Crippen molar-refractivity contribution in [3.05, 3.63) is 59.5 Å². The molecule has 0 spiro atoms. The highest BCUT2D eigenvalue weighted by atomic mass is 32.2. The molecule has 0 aliphatic rings. The molecule has 3 aromatic rings. The topological polar surface area (TPSA) is 94.8 Å². The Balaban J connectivity index is 1.84. The summed E-state index contributed by atoms with van der Waals surface area (Å²) in [4.78, 5) is 4.47. The third-order valence-corrected chi connectivity index (χ3v) is 6.46. The number of ether oxygens (including phenoxy) is 2. The fraction of sp³-hybridized carbons (Fsp3) is 0.364. The summed E-state index contributed by atoms with van der Waals surface area (Å²) in [5, 5.41) is 3.90. The fourth-order valence-corrected chi connectivity index (χ4v) is 4.58. The molecule has 9 heteroatoms. The van der Waals surface area contributed by atoms with E-state index in [9.17, 15) is 8.42 Å². The number of methoxy groups -OCH3 is 1. The SMILES string of the molecule is COc1cccc(N(CC(C)C)S(=O)(=O)c2ccc(OCc3c(C)noc3C)cc2)n1. The quantitative estimate of drug-likeness (QED) is 0.489. The molecular formula is C22H27N3O5S. The highest BCUT2D eigenvalue weighted by Gasteiger charge is 2.27. The van der Waals surface area contributed by atoms with E-state index >= 15 is 0 Å². The predicted molar refractivity (Wildman–Crippen MR) is 117 cm³/mol. The van der Waals surface area contributed by atoms with Crippen molar-refractivity contribution in [2.45, 2.75) is 39.2 Å². The molecule has 8 nitrogen and oxygen atoms in total. The molecule has 0 aliphatic carbocycles. The molecule has 1 aromatic carbocycles. The number of aryl methyl sites for hydroxylation is 2. The summed E-state index contributed by atoms with van der Waals surface area (Å²) < 4.78 is 44.2. The largest absolute Gasteiger partial charge is 0.489 e. The van der Waals surface area contributed by atoms with Gasteiger partial charge in [0.15, 0.2) is 0 Å². The van der Waals surface area contributed by atoms with Gasteiger partial charge in [-0.3, -0.25) is 0 Å². The van der Waals surface area contributed by atoms with Crippen molar-refractivity contribution in [2.75, 3.05) is 18.0 Å².